The fourth-order valence-electron chi connectivity index (χ4n) is 3.47. The second kappa shape index (κ2) is 7.87. The molecular formula is C19H27N3O3. The highest BCUT2D eigenvalue weighted by Crippen LogP contribution is 2.25. The molecular weight excluding hydrogens is 318 g/mol. The minimum atomic E-state index is -0.00736. The summed E-state index contributed by atoms with van der Waals surface area (Å²) in [6.45, 7) is 7.06. The van der Waals surface area contributed by atoms with Gasteiger partial charge in [0.25, 0.3) is 0 Å². The maximum absolute atomic E-state index is 12.8. The molecule has 0 bridgehead atoms. The van der Waals surface area contributed by atoms with Gasteiger partial charge in [-0.1, -0.05) is 12.1 Å². The maximum Gasteiger partial charge on any atom is 0.242 e. The number of amides is 2. The van der Waals surface area contributed by atoms with E-state index < -0.39 is 0 Å². The lowest BCUT2D eigenvalue weighted by Crippen LogP contribution is -2.51. The van der Waals surface area contributed by atoms with Crippen LogP contribution in [0.1, 0.15) is 38.3 Å². The quantitative estimate of drug-likeness (QED) is 0.880. The van der Waals surface area contributed by atoms with Gasteiger partial charge < -0.3 is 19.9 Å². The van der Waals surface area contributed by atoms with Crippen LogP contribution in [0, 0.1) is 0 Å². The zero-order chi connectivity index (χ0) is 17.8. The van der Waals surface area contributed by atoms with Gasteiger partial charge in [-0.2, -0.15) is 0 Å². The number of carbonyl (C=O) groups excluding carboxylic acids is 2. The van der Waals surface area contributed by atoms with Crippen molar-refractivity contribution in [3.8, 4) is 5.75 Å². The molecule has 0 spiro atoms. The van der Waals surface area contributed by atoms with E-state index in [4.69, 9.17) is 4.74 Å². The first-order valence-electron chi connectivity index (χ1n) is 9.09. The summed E-state index contributed by atoms with van der Waals surface area (Å²) in [6, 6.07) is 7.95. The number of ether oxygens (including phenoxy) is 1. The molecule has 2 aliphatic rings. The molecule has 3 rings (SSSR count). The molecule has 1 atom stereocenters. The summed E-state index contributed by atoms with van der Waals surface area (Å²) in [7, 11) is 0. The monoisotopic (exact) mass is 345 g/mol. The Bertz CT molecular complexity index is 615. The summed E-state index contributed by atoms with van der Waals surface area (Å²) < 4.78 is 5.69. The molecule has 2 fully saturated rings. The highest BCUT2D eigenvalue weighted by Gasteiger charge is 2.31. The van der Waals surface area contributed by atoms with Crippen LogP contribution in [0.25, 0.3) is 0 Å². The molecule has 2 aliphatic heterocycles. The number of hydrogen-bond acceptors (Lipinski definition) is 4. The predicted molar refractivity (Wildman–Crippen MR) is 95.3 cm³/mol. The standard InChI is InChI=1S/C19H27N3O3/c1-14(2)25-16-7-5-15(6-8-16)17-12-20-9-11-22(17)19(24)13-21-10-3-4-18(21)23/h5-8,14,17,20H,3-4,9-13H2,1-2H3/t17-/m0/s1. The Hall–Kier alpha value is -2.08. The van der Waals surface area contributed by atoms with Crippen molar-refractivity contribution in [2.24, 2.45) is 0 Å². The van der Waals surface area contributed by atoms with Crippen molar-refractivity contribution in [3.63, 3.8) is 0 Å². The van der Waals surface area contributed by atoms with Crippen molar-refractivity contribution >= 4 is 11.8 Å². The summed E-state index contributed by atoms with van der Waals surface area (Å²) in [5.41, 5.74) is 1.09. The molecule has 0 unspecified atom stereocenters. The van der Waals surface area contributed by atoms with E-state index in [1.807, 2.05) is 43.0 Å². The van der Waals surface area contributed by atoms with Gasteiger partial charge in [0.05, 0.1) is 18.7 Å². The smallest absolute Gasteiger partial charge is 0.242 e. The molecule has 0 aliphatic carbocycles. The predicted octanol–water partition coefficient (Wildman–Crippen LogP) is 1.57. The number of benzene rings is 1. The number of nitrogens with zero attached hydrogens (tertiary/aromatic N) is 2. The van der Waals surface area contributed by atoms with Crippen LogP contribution in [0.2, 0.25) is 0 Å². The first-order chi connectivity index (χ1) is 12.0. The largest absolute Gasteiger partial charge is 0.491 e. The molecule has 2 heterocycles. The Morgan fingerprint density at radius 1 is 1.28 bits per heavy atom. The molecule has 1 aromatic carbocycles. The molecule has 0 aromatic heterocycles. The average molecular weight is 345 g/mol. The Morgan fingerprint density at radius 3 is 2.68 bits per heavy atom. The van der Waals surface area contributed by atoms with E-state index in [1.54, 1.807) is 4.90 Å². The molecule has 6 nitrogen and oxygen atoms in total. The summed E-state index contributed by atoms with van der Waals surface area (Å²) in [4.78, 5) is 28.2. The second-order valence-electron chi connectivity index (χ2n) is 6.96. The zero-order valence-corrected chi connectivity index (χ0v) is 15.0. The summed E-state index contributed by atoms with van der Waals surface area (Å²) >= 11 is 0. The fourth-order valence-corrected chi connectivity index (χ4v) is 3.47. The van der Waals surface area contributed by atoms with Crippen molar-refractivity contribution in [2.75, 3.05) is 32.7 Å². The zero-order valence-electron chi connectivity index (χ0n) is 15.0. The third-order valence-corrected chi connectivity index (χ3v) is 4.70. The molecule has 1 aromatic rings. The summed E-state index contributed by atoms with van der Waals surface area (Å²) in [5, 5.41) is 3.36. The first kappa shape index (κ1) is 17.7. The number of likely N-dealkylation sites (tertiary alicyclic amines) is 1. The minimum Gasteiger partial charge on any atom is -0.491 e. The fraction of sp³-hybridized carbons (Fsp3) is 0.579. The van der Waals surface area contributed by atoms with Crippen molar-refractivity contribution in [1.82, 2.24) is 15.1 Å². The van der Waals surface area contributed by atoms with Crippen LogP contribution in [0.15, 0.2) is 24.3 Å². The van der Waals surface area contributed by atoms with Gasteiger partial charge in [0.15, 0.2) is 0 Å². The van der Waals surface area contributed by atoms with Crippen molar-refractivity contribution in [2.45, 2.75) is 38.8 Å². The molecule has 0 radical (unpaired) electrons. The molecule has 6 heteroatoms. The van der Waals surface area contributed by atoms with Gasteiger partial charge in [-0.05, 0) is 38.0 Å². The van der Waals surface area contributed by atoms with E-state index in [-0.39, 0.29) is 30.5 Å². The first-order valence-corrected chi connectivity index (χ1v) is 9.09. The van der Waals surface area contributed by atoms with Crippen molar-refractivity contribution in [3.05, 3.63) is 29.8 Å². The van der Waals surface area contributed by atoms with Crippen LogP contribution in [0.4, 0.5) is 0 Å². The van der Waals surface area contributed by atoms with Crippen LogP contribution in [0.3, 0.4) is 0 Å². The van der Waals surface area contributed by atoms with Crippen LogP contribution < -0.4 is 10.1 Å². The molecule has 25 heavy (non-hydrogen) atoms. The van der Waals surface area contributed by atoms with Gasteiger partial charge in [0.1, 0.15) is 5.75 Å². The van der Waals surface area contributed by atoms with Crippen LogP contribution in [-0.2, 0) is 9.59 Å². The third-order valence-electron chi connectivity index (χ3n) is 4.70. The molecule has 1 N–H and O–H groups in total. The van der Waals surface area contributed by atoms with E-state index in [1.165, 1.54) is 0 Å². The topological polar surface area (TPSA) is 61.9 Å². The second-order valence-corrected chi connectivity index (χ2v) is 6.96. The van der Waals surface area contributed by atoms with Gasteiger partial charge in [0, 0.05) is 32.6 Å². The lowest BCUT2D eigenvalue weighted by Gasteiger charge is -2.37. The normalized spacial score (nSPS) is 21.1. The Labute approximate surface area is 149 Å². The Kier molecular flexibility index (Phi) is 5.58. The number of hydrogen-bond donors (Lipinski definition) is 1. The lowest BCUT2D eigenvalue weighted by atomic mass is 10.0. The van der Waals surface area contributed by atoms with Crippen LogP contribution >= 0.6 is 0 Å². The van der Waals surface area contributed by atoms with Crippen LogP contribution in [-0.4, -0.2) is 60.4 Å². The van der Waals surface area contributed by atoms with E-state index in [2.05, 4.69) is 5.32 Å². The molecule has 2 saturated heterocycles. The van der Waals surface area contributed by atoms with E-state index >= 15 is 0 Å². The summed E-state index contributed by atoms with van der Waals surface area (Å²) in [6.07, 6.45) is 1.56. The lowest BCUT2D eigenvalue weighted by molar-refractivity contribution is -0.140. The van der Waals surface area contributed by atoms with E-state index in [0.717, 1.165) is 30.8 Å². The van der Waals surface area contributed by atoms with E-state index in [9.17, 15) is 9.59 Å². The average Bonchev–Trinajstić information content (AvgIpc) is 3.00. The van der Waals surface area contributed by atoms with Gasteiger partial charge in [-0.25, -0.2) is 0 Å². The van der Waals surface area contributed by atoms with Gasteiger partial charge in [-0.15, -0.1) is 0 Å². The van der Waals surface area contributed by atoms with Crippen LogP contribution in [0.5, 0.6) is 5.75 Å². The summed E-state index contributed by atoms with van der Waals surface area (Å²) in [5.74, 6) is 0.961. The van der Waals surface area contributed by atoms with E-state index in [0.29, 0.717) is 19.5 Å². The third kappa shape index (κ3) is 4.31. The molecule has 2 amide bonds. The Morgan fingerprint density at radius 2 is 2.04 bits per heavy atom. The van der Waals surface area contributed by atoms with Gasteiger partial charge in [0.2, 0.25) is 11.8 Å². The maximum atomic E-state index is 12.8. The van der Waals surface area contributed by atoms with Crippen molar-refractivity contribution < 1.29 is 14.3 Å². The highest BCUT2D eigenvalue weighted by molar-refractivity contribution is 5.86. The van der Waals surface area contributed by atoms with Gasteiger partial charge in [-0.3, -0.25) is 9.59 Å². The number of carbonyl (C=O) groups is 2. The molecule has 136 valence electrons. The number of piperazine rings is 1. The SMILES string of the molecule is CC(C)Oc1ccc([C@@H]2CNCCN2C(=O)CN2CCCC2=O)cc1. The molecule has 0 saturated carbocycles. The number of rotatable bonds is 5. The van der Waals surface area contributed by atoms with Crippen molar-refractivity contribution in [1.29, 1.82) is 0 Å². The number of nitrogens with one attached hydrogen (secondary N) is 1. The minimum absolute atomic E-state index is 0.00736. The highest BCUT2D eigenvalue weighted by atomic mass is 16.5. The Balaban J connectivity index is 1.69. The van der Waals surface area contributed by atoms with Gasteiger partial charge >= 0.3 is 0 Å².